The third-order valence-electron chi connectivity index (χ3n) is 7.36. The SMILES string of the molecule is Cc1cncc(-c2cnc(N[C@@H]3CCNC[C@H]3C(=O)NC3CCCCC3)c3[nH]c(=O)c(C)cc23)c1. The van der Waals surface area contributed by atoms with Crippen LogP contribution in [0.4, 0.5) is 5.82 Å². The predicted molar refractivity (Wildman–Crippen MR) is 138 cm³/mol. The van der Waals surface area contributed by atoms with Gasteiger partial charge in [0, 0.05) is 59.3 Å². The van der Waals surface area contributed by atoms with Crippen molar-refractivity contribution >= 4 is 22.6 Å². The summed E-state index contributed by atoms with van der Waals surface area (Å²) in [6.07, 6.45) is 12.0. The summed E-state index contributed by atoms with van der Waals surface area (Å²) in [6.45, 7) is 5.26. The summed E-state index contributed by atoms with van der Waals surface area (Å²) in [5, 5.41) is 11.1. The quantitative estimate of drug-likeness (QED) is 0.451. The monoisotopic (exact) mass is 474 g/mol. The van der Waals surface area contributed by atoms with Gasteiger partial charge in [0.05, 0.1) is 11.4 Å². The van der Waals surface area contributed by atoms with Crippen molar-refractivity contribution in [2.75, 3.05) is 18.4 Å². The Morgan fingerprint density at radius 3 is 2.69 bits per heavy atom. The second-order valence-corrected chi connectivity index (χ2v) is 10.0. The van der Waals surface area contributed by atoms with Gasteiger partial charge in [0.1, 0.15) is 0 Å². The van der Waals surface area contributed by atoms with Crippen LogP contribution in [0.15, 0.2) is 35.5 Å². The largest absolute Gasteiger partial charge is 0.365 e. The van der Waals surface area contributed by atoms with Crippen molar-refractivity contribution in [2.45, 2.75) is 64.5 Å². The van der Waals surface area contributed by atoms with Crippen molar-refractivity contribution in [1.82, 2.24) is 25.6 Å². The summed E-state index contributed by atoms with van der Waals surface area (Å²) in [5.74, 6) is 0.488. The number of aryl methyl sites for hydroxylation is 2. The molecule has 4 heterocycles. The molecule has 0 aromatic carbocycles. The number of H-pyrrole nitrogens is 1. The first-order valence-corrected chi connectivity index (χ1v) is 12.7. The Morgan fingerprint density at radius 2 is 1.89 bits per heavy atom. The number of amides is 1. The van der Waals surface area contributed by atoms with E-state index in [0.717, 1.165) is 47.9 Å². The number of aromatic nitrogens is 3. The van der Waals surface area contributed by atoms with Gasteiger partial charge in [-0.15, -0.1) is 0 Å². The average Bonchev–Trinajstić information content (AvgIpc) is 2.86. The predicted octanol–water partition coefficient (Wildman–Crippen LogP) is 3.44. The lowest BCUT2D eigenvalue weighted by Crippen LogP contribution is -2.53. The molecule has 35 heavy (non-hydrogen) atoms. The number of piperidine rings is 1. The molecule has 184 valence electrons. The highest BCUT2D eigenvalue weighted by molar-refractivity contribution is 5.99. The Kier molecular flexibility index (Phi) is 6.81. The number of nitrogens with zero attached hydrogens (tertiary/aromatic N) is 2. The van der Waals surface area contributed by atoms with E-state index < -0.39 is 0 Å². The summed E-state index contributed by atoms with van der Waals surface area (Å²) in [5.41, 5.74) is 4.08. The zero-order chi connectivity index (χ0) is 24.4. The molecule has 2 aliphatic rings. The van der Waals surface area contributed by atoms with Gasteiger partial charge in [-0.25, -0.2) is 4.98 Å². The highest BCUT2D eigenvalue weighted by Gasteiger charge is 2.33. The van der Waals surface area contributed by atoms with E-state index in [9.17, 15) is 9.59 Å². The second kappa shape index (κ2) is 10.2. The Morgan fingerprint density at radius 1 is 1.06 bits per heavy atom. The third-order valence-corrected chi connectivity index (χ3v) is 7.36. The fraction of sp³-hybridized carbons (Fsp3) is 0.481. The number of hydrogen-bond acceptors (Lipinski definition) is 6. The van der Waals surface area contributed by atoms with Crippen LogP contribution in [0.1, 0.15) is 49.7 Å². The van der Waals surface area contributed by atoms with Crippen molar-refractivity contribution in [2.24, 2.45) is 5.92 Å². The van der Waals surface area contributed by atoms with Crippen molar-refractivity contribution in [3.8, 4) is 11.1 Å². The number of carbonyl (C=O) groups excluding carboxylic acids is 1. The minimum absolute atomic E-state index is 0.0770. The number of hydrogen-bond donors (Lipinski definition) is 4. The molecule has 1 amide bonds. The number of carbonyl (C=O) groups is 1. The standard InChI is InChI=1S/C27H34N6O2/c1-16-10-18(13-29-12-16)21-15-30-25(24-20(21)11-17(2)26(34)33-24)32-23-8-9-28-14-22(23)27(35)31-19-6-4-3-5-7-19/h10-13,15,19,22-23,28H,3-9,14H2,1-2H3,(H,30,32)(H,31,35)(H,33,34)/t22-,23-/m1/s1. The van der Waals surface area contributed by atoms with Crippen molar-refractivity contribution in [1.29, 1.82) is 0 Å². The van der Waals surface area contributed by atoms with Crippen LogP contribution in [-0.2, 0) is 4.79 Å². The lowest BCUT2D eigenvalue weighted by molar-refractivity contribution is -0.126. The molecule has 4 N–H and O–H groups in total. The van der Waals surface area contributed by atoms with Crippen LogP contribution in [0.5, 0.6) is 0 Å². The molecule has 5 rings (SSSR count). The Balaban J connectivity index is 1.47. The lowest BCUT2D eigenvalue weighted by Gasteiger charge is -2.34. The molecule has 1 aliphatic heterocycles. The maximum atomic E-state index is 13.2. The van der Waals surface area contributed by atoms with E-state index in [1.54, 1.807) is 0 Å². The molecular formula is C27H34N6O2. The van der Waals surface area contributed by atoms with Gasteiger partial charge >= 0.3 is 0 Å². The molecule has 0 unspecified atom stereocenters. The van der Waals surface area contributed by atoms with Crippen LogP contribution in [0, 0.1) is 19.8 Å². The molecular weight excluding hydrogens is 440 g/mol. The highest BCUT2D eigenvalue weighted by atomic mass is 16.2. The topological polar surface area (TPSA) is 112 Å². The number of pyridine rings is 3. The third kappa shape index (κ3) is 5.07. The van der Waals surface area contributed by atoms with E-state index in [1.807, 2.05) is 38.5 Å². The number of fused-ring (bicyclic) bond motifs is 1. The molecule has 1 aliphatic carbocycles. The van der Waals surface area contributed by atoms with Crippen molar-refractivity contribution in [3.05, 3.63) is 52.2 Å². The second-order valence-electron chi connectivity index (χ2n) is 10.0. The Labute approximate surface area is 205 Å². The fourth-order valence-electron chi connectivity index (χ4n) is 5.38. The van der Waals surface area contributed by atoms with E-state index in [4.69, 9.17) is 4.98 Å². The molecule has 8 heteroatoms. The van der Waals surface area contributed by atoms with Gasteiger partial charge in [0.2, 0.25) is 5.91 Å². The summed E-state index contributed by atoms with van der Waals surface area (Å²) in [7, 11) is 0. The molecule has 1 saturated carbocycles. The van der Waals surface area contributed by atoms with Crippen LogP contribution >= 0.6 is 0 Å². The summed E-state index contributed by atoms with van der Waals surface area (Å²) in [4.78, 5) is 37.9. The first-order valence-electron chi connectivity index (χ1n) is 12.7. The molecule has 2 fully saturated rings. The van der Waals surface area contributed by atoms with Crippen LogP contribution in [-0.4, -0.2) is 46.0 Å². The minimum atomic E-state index is -0.208. The number of aromatic amines is 1. The minimum Gasteiger partial charge on any atom is -0.365 e. The maximum Gasteiger partial charge on any atom is 0.251 e. The van der Waals surface area contributed by atoms with Gasteiger partial charge in [0.25, 0.3) is 5.56 Å². The molecule has 0 spiro atoms. The van der Waals surface area contributed by atoms with Crippen molar-refractivity contribution in [3.63, 3.8) is 0 Å². The first-order chi connectivity index (χ1) is 17.0. The van der Waals surface area contributed by atoms with Gasteiger partial charge in [-0.05, 0) is 57.4 Å². The van der Waals surface area contributed by atoms with Crippen LogP contribution in [0.3, 0.4) is 0 Å². The fourth-order valence-corrected chi connectivity index (χ4v) is 5.38. The van der Waals surface area contributed by atoms with Gasteiger partial charge < -0.3 is 20.9 Å². The van der Waals surface area contributed by atoms with E-state index in [2.05, 4.69) is 32.0 Å². The molecule has 3 aromatic rings. The normalized spacial score (nSPS) is 21.1. The zero-order valence-corrected chi connectivity index (χ0v) is 20.5. The van der Waals surface area contributed by atoms with E-state index in [1.165, 1.54) is 19.3 Å². The summed E-state index contributed by atoms with van der Waals surface area (Å²) < 4.78 is 0. The molecule has 8 nitrogen and oxygen atoms in total. The van der Waals surface area contributed by atoms with Crippen LogP contribution in [0.25, 0.3) is 22.0 Å². The van der Waals surface area contributed by atoms with Crippen LogP contribution < -0.4 is 21.5 Å². The Hall–Kier alpha value is -3.26. The van der Waals surface area contributed by atoms with E-state index in [-0.39, 0.29) is 29.5 Å². The molecule has 3 aromatic heterocycles. The number of nitrogens with one attached hydrogen (secondary N) is 4. The summed E-state index contributed by atoms with van der Waals surface area (Å²) >= 11 is 0. The highest BCUT2D eigenvalue weighted by Crippen LogP contribution is 2.31. The lowest BCUT2D eigenvalue weighted by atomic mass is 9.90. The zero-order valence-electron chi connectivity index (χ0n) is 20.5. The molecule has 1 saturated heterocycles. The van der Waals surface area contributed by atoms with E-state index in [0.29, 0.717) is 23.4 Å². The van der Waals surface area contributed by atoms with Gasteiger partial charge in [-0.2, -0.15) is 0 Å². The van der Waals surface area contributed by atoms with Gasteiger partial charge in [-0.3, -0.25) is 14.6 Å². The molecule has 0 bridgehead atoms. The maximum absolute atomic E-state index is 13.2. The smallest absolute Gasteiger partial charge is 0.251 e. The number of rotatable bonds is 5. The Bertz CT molecular complexity index is 1280. The van der Waals surface area contributed by atoms with Gasteiger partial charge in [-0.1, -0.05) is 19.3 Å². The first kappa shape index (κ1) is 23.5. The number of anilines is 1. The van der Waals surface area contributed by atoms with Crippen molar-refractivity contribution < 1.29 is 4.79 Å². The van der Waals surface area contributed by atoms with E-state index >= 15 is 0 Å². The van der Waals surface area contributed by atoms with Crippen LogP contribution in [0.2, 0.25) is 0 Å². The van der Waals surface area contributed by atoms with Gasteiger partial charge in [0.15, 0.2) is 5.82 Å². The molecule has 0 radical (unpaired) electrons. The molecule has 2 atom stereocenters. The summed E-state index contributed by atoms with van der Waals surface area (Å²) in [6, 6.07) is 4.18. The average molecular weight is 475 g/mol.